The van der Waals surface area contributed by atoms with Crippen molar-refractivity contribution in [3.05, 3.63) is 35.4 Å². The largest absolute Gasteiger partial charge is 0.356 e. The maximum absolute atomic E-state index is 11.5. The Labute approximate surface area is 107 Å². The fraction of sp³-hybridized carbons (Fsp3) is 0.533. The van der Waals surface area contributed by atoms with Gasteiger partial charge in [-0.2, -0.15) is 0 Å². The zero-order valence-electron chi connectivity index (χ0n) is 10.6. The highest BCUT2D eigenvalue weighted by Crippen LogP contribution is 2.45. The highest BCUT2D eigenvalue weighted by Gasteiger charge is 2.43. The zero-order valence-corrected chi connectivity index (χ0v) is 10.6. The molecule has 1 unspecified atom stereocenters. The van der Waals surface area contributed by atoms with E-state index < -0.39 is 0 Å². The number of ether oxygens (including phenoxy) is 2. The van der Waals surface area contributed by atoms with Crippen LogP contribution >= 0.6 is 0 Å². The standard InChI is InChI=1S/C15H18O3/c1-17-14-10-11-4-2-3-5-13(11)15(18-14)8-6-12(16)7-9-15/h2-5,14H,6-10H2,1H3. The van der Waals surface area contributed by atoms with Crippen LogP contribution in [0.25, 0.3) is 0 Å². The maximum atomic E-state index is 11.5. The van der Waals surface area contributed by atoms with E-state index >= 15 is 0 Å². The number of benzene rings is 1. The number of carbonyl (C=O) groups excluding carboxylic acids is 1. The first kappa shape index (κ1) is 11.9. The molecule has 1 atom stereocenters. The molecule has 1 spiro atoms. The van der Waals surface area contributed by atoms with Crippen molar-refractivity contribution in [2.75, 3.05) is 7.11 Å². The minimum atomic E-state index is -0.302. The molecule has 3 rings (SSSR count). The lowest BCUT2D eigenvalue weighted by molar-refractivity contribution is -0.222. The van der Waals surface area contributed by atoms with E-state index in [4.69, 9.17) is 9.47 Å². The summed E-state index contributed by atoms with van der Waals surface area (Å²) in [7, 11) is 1.68. The van der Waals surface area contributed by atoms with Crippen LogP contribution < -0.4 is 0 Å². The average molecular weight is 246 g/mol. The molecule has 3 nitrogen and oxygen atoms in total. The summed E-state index contributed by atoms with van der Waals surface area (Å²) in [5.74, 6) is 0.348. The van der Waals surface area contributed by atoms with Gasteiger partial charge in [0.15, 0.2) is 6.29 Å². The molecule has 3 heteroatoms. The van der Waals surface area contributed by atoms with Crippen LogP contribution in [0.3, 0.4) is 0 Å². The number of rotatable bonds is 1. The van der Waals surface area contributed by atoms with Gasteiger partial charge >= 0.3 is 0 Å². The van der Waals surface area contributed by atoms with E-state index in [1.807, 2.05) is 6.07 Å². The molecular weight excluding hydrogens is 228 g/mol. The number of carbonyl (C=O) groups is 1. The first-order valence-corrected chi connectivity index (χ1v) is 6.54. The molecule has 18 heavy (non-hydrogen) atoms. The van der Waals surface area contributed by atoms with Crippen molar-refractivity contribution in [3.63, 3.8) is 0 Å². The molecule has 0 amide bonds. The molecule has 1 aliphatic carbocycles. The van der Waals surface area contributed by atoms with Crippen molar-refractivity contribution >= 4 is 5.78 Å². The predicted octanol–water partition coefficient (Wildman–Crippen LogP) is 2.57. The van der Waals surface area contributed by atoms with Gasteiger partial charge in [0, 0.05) is 26.4 Å². The van der Waals surface area contributed by atoms with Gasteiger partial charge in [0.25, 0.3) is 0 Å². The van der Waals surface area contributed by atoms with E-state index in [9.17, 15) is 4.79 Å². The second-order valence-corrected chi connectivity index (χ2v) is 5.18. The van der Waals surface area contributed by atoms with Crippen LogP contribution in [0.2, 0.25) is 0 Å². The number of methoxy groups -OCH3 is 1. The van der Waals surface area contributed by atoms with E-state index in [1.54, 1.807) is 7.11 Å². The van der Waals surface area contributed by atoms with E-state index in [0.29, 0.717) is 18.6 Å². The van der Waals surface area contributed by atoms with Crippen molar-refractivity contribution in [2.24, 2.45) is 0 Å². The van der Waals surface area contributed by atoms with Gasteiger partial charge in [-0.25, -0.2) is 0 Å². The normalized spacial score (nSPS) is 26.1. The molecule has 0 saturated heterocycles. The molecule has 0 N–H and O–H groups in total. The van der Waals surface area contributed by atoms with Gasteiger partial charge in [0.05, 0.1) is 5.60 Å². The third-order valence-corrected chi connectivity index (χ3v) is 4.13. The lowest BCUT2D eigenvalue weighted by atomic mass is 9.75. The summed E-state index contributed by atoms with van der Waals surface area (Å²) >= 11 is 0. The minimum Gasteiger partial charge on any atom is -0.356 e. The Morgan fingerprint density at radius 2 is 2.00 bits per heavy atom. The number of hydrogen-bond acceptors (Lipinski definition) is 3. The van der Waals surface area contributed by atoms with Crippen molar-refractivity contribution < 1.29 is 14.3 Å². The Morgan fingerprint density at radius 1 is 1.28 bits per heavy atom. The minimum absolute atomic E-state index is 0.187. The Kier molecular flexibility index (Phi) is 2.96. The van der Waals surface area contributed by atoms with Gasteiger partial charge in [-0.1, -0.05) is 24.3 Å². The molecule has 96 valence electrons. The molecule has 1 aromatic carbocycles. The van der Waals surface area contributed by atoms with Gasteiger partial charge in [-0.15, -0.1) is 0 Å². The highest BCUT2D eigenvalue weighted by atomic mass is 16.7. The van der Waals surface area contributed by atoms with Gasteiger partial charge < -0.3 is 9.47 Å². The summed E-state index contributed by atoms with van der Waals surface area (Å²) in [5.41, 5.74) is 2.25. The van der Waals surface area contributed by atoms with Crippen LogP contribution in [0.15, 0.2) is 24.3 Å². The summed E-state index contributed by atoms with van der Waals surface area (Å²) in [6, 6.07) is 8.38. The van der Waals surface area contributed by atoms with E-state index in [0.717, 1.165) is 19.3 Å². The Morgan fingerprint density at radius 3 is 2.72 bits per heavy atom. The van der Waals surface area contributed by atoms with E-state index in [-0.39, 0.29) is 11.9 Å². The molecule has 0 bridgehead atoms. The molecular formula is C15H18O3. The van der Waals surface area contributed by atoms with Crippen LogP contribution in [-0.2, 0) is 26.3 Å². The lowest BCUT2D eigenvalue weighted by Gasteiger charge is -2.44. The second-order valence-electron chi connectivity index (χ2n) is 5.18. The topological polar surface area (TPSA) is 35.5 Å². The number of hydrogen-bond donors (Lipinski definition) is 0. The van der Waals surface area contributed by atoms with Crippen LogP contribution in [0.5, 0.6) is 0 Å². The molecule has 0 aromatic heterocycles. The fourth-order valence-electron chi connectivity index (χ4n) is 3.13. The molecule has 1 saturated carbocycles. The van der Waals surface area contributed by atoms with Crippen LogP contribution in [0.1, 0.15) is 36.8 Å². The summed E-state index contributed by atoms with van der Waals surface area (Å²) in [6.45, 7) is 0. The zero-order chi connectivity index (χ0) is 12.6. The Bertz CT molecular complexity index is 457. The number of fused-ring (bicyclic) bond motifs is 2. The molecule has 1 heterocycles. The van der Waals surface area contributed by atoms with Crippen LogP contribution in [-0.4, -0.2) is 19.2 Å². The first-order chi connectivity index (χ1) is 8.73. The van der Waals surface area contributed by atoms with Gasteiger partial charge in [0.2, 0.25) is 0 Å². The average Bonchev–Trinajstić information content (AvgIpc) is 2.42. The Hall–Kier alpha value is -1.19. The molecule has 1 fully saturated rings. The van der Waals surface area contributed by atoms with E-state index in [2.05, 4.69) is 18.2 Å². The quantitative estimate of drug-likeness (QED) is 0.764. The number of ketones is 1. The third-order valence-electron chi connectivity index (χ3n) is 4.13. The fourth-order valence-corrected chi connectivity index (χ4v) is 3.13. The maximum Gasteiger partial charge on any atom is 0.162 e. The highest BCUT2D eigenvalue weighted by molar-refractivity contribution is 5.79. The molecule has 2 aliphatic rings. The molecule has 1 aliphatic heterocycles. The number of Topliss-reactive ketones (excluding diaryl/α,β-unsaturated/α-hetero) is 1. The lowest BCUT2D eigenvalue weighted by Crippen LogP contribution is -2.43. The van der Waals surface area contributed by atoms with Gasteiger partial charge in [-0.05, 0) is 24.0 Å². The smallest absolute Gasteiger partial charge is 0.162 e. The van der Waals surface area contributed by atoms with Crippen molar-refractivity contribution in [2.45, 2.75) is 44.0 Å². The molecule has 0 radical (unpaired) electrons. The SMILES string of the molecule is COC1Cc2ccccc2C2(CCC(=O)CC2)O1. The molecule has 1 aromatic rings. The summed E-state index contributed by atoms with van der Waals surface area (Å²) in [6.07, 6.45) is 3.40. The summed E-state index contributed by atoms with van der Waals surface area (Å²) in [4.78, 5) is 11.5. The van der Waals surface area contributed by atoms with Crippen LogP contribution in [0, 0.1) is 0 Å². The Balaban J connectivity index is 2.00. The van der Waals surface area contributed by atoms with E-state index in [1.165, 1.54) is 11.1 Å². The van der Waals surface area contributed by atoms with Crippen molar-refractivity contribution in [3.8, 4) is 0 Å². The third kappa shape index (κ3) is 1.88. The summed E-state index contributed by atoms with van der Waals surface area (Å²) in [5, 5.41) is 0. The predicted molar refractivity (Wildman–Crippen MR) is 67.2 cm³/mol. The van der Waals surface area contributed by atoms with Crippen molar-refractivity contribution in [1.29, 1.82) is 0 Å². The van der Waals surface area contributed by atoms with Crippen LogP contribution in [0.4, 0.5) is 0 Å². The second kappa shape index (κ2) is 4.48. The van der Waals surface area contributed by atoms with Gasteiger partial charge in [-0.3, -0.25) is 4.79 Å². The van der Waals surface area contributed by atoms with Gasteiger partial charge in [0.1, 0.15) is 5.78 Å². The summed E-state index contributed by atoms with van der Waals surface area (Å²) < 4.78 is 11.6. The monoisotopic (exact) mass is 246 g/mol. The van der Waals surface area contributed by atoms with Crippen molar-refractivity contribution in [1.82, 2.24) is 0 Å². The first-order valence-electron chi connectivity index (χ1n) is 6.54.